The Bertz CT molecular complexity index is 551. The molecule has 0 spiro atoms. The summed E-state index contributed by atoms with van der Waals surface area (Å²) in [5, 5.41) is 6.97. The van der Waals surface area contributed by atoms with Crippen LogP contribution in [0.1, 0.15) is 20.2 Å². The summed E-state index contributed by atoms with van der Waals surface area (Å²) >= 11 is 1.39. The molecule has 3 N–H and O–H groups in total. The van der Waals surface area contributed by atoms with Crippen LogP contribution in [-0.4, -0.2) is 15.7 Å². The molecule has 0 radical (unpaired) electrons. The van der Waals surface area contributed by atoms with Gasteiger partial charge in [-0.25, -0.2) is 0 Å². The lowest BCUT2D eigenvalue weighted by atomic mass is 10.3. The summed E-state index contributed by atoms with van der Waals surface area (Å²) < 4.78 is 1.64. The lowest BCUT2D eigenvalue weighted by molar-refractivity contribution is 0.102. The molecule has 90 valence electrons. The Morgan fingerprint density at radius 2 is 2.18 bits per heavy atom. The van der Waals surface area contributed by atoms with Crippen LogP contribution in [0.5, 0.6) is 0 Å². The van der Waals surface area contributed by atoms with Gasteiger partial charge in [0, 0.05) is 23.7 Å². The van der Waals surface area contributed by atoms with E-state index >= 15 is 0 Å². The molecule has 0 saturated carbocycles. The van der Waals surface area contributed by atoms with Crippen molar-refractivity contribution in [3.8, 4) is 0 Å². The molecule has 2 heterocycles. The summed E-state index contributed by atoms with van der Waals surface area (Å²) in [6, 6.07) is 3.51. The van der Waals surface area contributed by atoms with Crippen LogP contribution in [0.4, 0.5) is 11.5 Å². The molecule has 5 nitrogen and oxygen atoms in total. The SMILES string of the molecule is Cc1cc(NC(=O)c2cc(N)c(C)s2)n(C)n1. The molecule has 0 saturated heterocycles. The Morgan fingerprint density at radius 3 is 2.65 bits per heavy atom. The van der Waals surface area contributed by atoms with Crippen molar-refractivity contribution in [2.75, 3.05) is 11.1 Å². The lowest BCUT2D eigenvalue weighted by Gasteiger charge is -2.02. The van der Waals surface area contributed by atoms with Gasteiger partial charge in [0.1, 0.15) is 5.82 Å². The number of carbonyl (C=O) groups is 1. The van der Waals surface area contributed by atoms with E-state index in [2.05, 4.69) is 10.4 Å². The van der Waals surface area contributed by atoms with Crippen LogP contribution in [0, 0.1) is 13.8 Å². The number of rotatable bonds is 2. The number of nitrogens with two attached hydrogens (primary N) is 1. The Balaban J connectivity index is 2.19. The Morgan fingerprint density at radius 1 is 1.47 bits per heavy atom. The molecular formula is C11H14N4OS. The largest absolute Gasteiger partial charge is 0.398 e. The highest BCUT2D eigenvalue weighted by Gasteiger charge is 2.13. The van der Waals surface area contributed by atoms with E-state index in [9.17, 15) is 4.79 Å². The van der Waals surface area contributed by atoms with Gasteiger partial charge in [-0.1, -0.05) is 0 Å². The smallest absolute Gasteiger partial charge is 0.266 e. The van der Waals surface area contributed by atoms with Crippen molar-refractivity contribution in [3.05, 3.63) is 27.6 Å². The molecule has 1 amide bonds. The maximum absolute atomic E-state index is 11.9. The number of hydrogen-bond acceptors (Lipinski definition) is 4. The van der Waals surface area contributed by atoms with Gasteiger partial charge in [-0.2, -0.15) is 5.10 Å². The Hall–Kier alpha value is -1.82. The van der Waals surface area contributed by atoms with E-state index in [1.54, 1.807) is 17.8 Å². The van der Waals surface area contributed by atoms with Crippen molar-refractivity contribution >= 4 is 28.7 Å². The fourth-order valence-electron chi connectivity index (χ4n) is 1.51. The van der Waals surface area contributed by atoms with E-state index in [0.29, 0.717) is 16.4 Å². The van der Waals surface area contributed by atoms with E-state index in [1.165, 1.54) is 11.3 Å². The van der Waals surface area contributed by atoms with Crippen LogP contribution in [-0.2, 0) is 7.05 Å². The molecule has 2 aromatic rings. The zero-order valence-corrected chi connectivity index (χ0v) is 10.8. The summed E-state index contributed by atoms with van der Waals surface area (Å²) in [7, 11) is 1.79. The Kier molecular flexibility index (Phi) is 2.89. The van der Waals surface area contributed by atoms with Crippen LogP contribution < -0.4 is 11.1 Å². The zero-order valence-electron chi connectivity index (χ0n) is 9.94. The number of nitrogens with one attached hydrogen (secondary N) is 1. The molecule has 0 unspecified atom stereocenters. The second-order valence-electron chi connectivity index (χ2n) is 3.87. The fraction of sp³-hybridized carbons (Fsp3) is 0.273. The van der Waals surface area contributed by atoms with Crippen LogP contribution in [0.2, 0.25) is 0 Å². The minimum atomic E-state index is -0.155. The number of amides is 1. The molecule has 6 heteroatoms. The third-order valence-corrected chi connectivity index (χ3v) is 3.49. The van der Waals surface area contributed by atoms with Gasteiger partial charge in [0.25, 0.3) is 5.91 Å². The van der Waals surface area contributed by atoms with Crippen molar-refractivity contribution in [2.45, 2.75) is 13.8 Å². The van der Waals surface area contributed by atoms with Crippen molar-refractivity contribution in [1.82, 2.24) is 9.78 Å². The average Bonchev–Trinajstić information content (AvgIpc) is 2.72. The number of thiophene rings is 1. The maximum Gasteiger partial charge on any atom is 0.266 e. The lowest BCUT2D eigenvalue weighted by Crippen LogP contribution is -2.13. The van der Waals surface area contributed by atoms with Crippen LogP contribution in [0.3, 0.4) is 0 Å². The third-order valence-electron chi connectivity index (χ3n) is 2.42. The van der Waals surface area contributed by atoms with Crippen molar-refractivity contribution in [2.24, 2.45) is 7.05 Å². The molecule has 0 aromatic carbocycles. The first-order valence-corrected chi connectivity index (χ1v) is 5.97. The van der Waals surface area contributed by atoms with Gasteiger partial charge >= 0.3 is 0 Å². The highest BCUT2D eigenvalue weighted by Crippen LogP contribution is 2.24. The van der Waals surface area contributed by atoms with Crippen LogP contribution in [0.25, 0.3) is 0 Å². The molecule has 0 aliphatic carbocycles. The number of aromatic nitrogens is 2. The molecule has 0 fully saturated rings. The van der Waals surface area contributed by atoms with Crippen LogP contribution >= 0.6 is 11.3 Å². The van der Waals surface area contributed by atoms with Gasteiger partial charge in [0.05, 0.1) is 10.6 Å². The molecule has 17 heavy (non-hydrogen) atoms. The minimum absolute atomic E-state index is 0.155. The van der Waals surface area contributed by atoms with Gasteiger partial charge in [0.2, 0.25) is 0 Å². The predicted molar refractivity (Wildman–Crippen MR) is 69.4 cm³/mol. The molecule has 0 atom stereocenters. The van der Waals surface area contributed by atoms with E-state index in [0.717, 1.165) is 10.6 Å². The van der Waals surface area contributed by atoms with Crippen molar-refractivity contribution in [1.29, 1.82) is 0 Å². The summed E-state index contributed by atoms with van der Waals surface area (Å²) in [6.45, 7) is 3.77. The third kappa shape index (κ3) is 2.31. The van der Waals surface area contributed by atoms with Gasteiger partial charge in [-0.15, -0.1) is 11.3 Å². The number of aryl methyl sites for hydroxylation is 3. The maximum atomic E-state index is 11.9. The second-order valence-corrected chi connectivity index (χ2v) is 5.13. The standard InChI is InChI=1S/C11H14N4OS/c1-6-4-10(15(3)14-6)13-11(16)9-5-8(12)7(2)17-9/h4-5H,12H2,1-3H3,(H,13,16). The number of nitrogen functional groups attached to an aromatic ring is 1. The highest BCUT2D eigenvalue weighted by atomic mass is 32.1. The first-order valence-electron chi connectivity index (χ1n) is 5.15. The average molecular weight is 250 g/mol. The van der Waals surface area contributed by atoms with Crippen LogP contribution in [0.15, 0.2) is 12.1 Å². The molecule has 2 aromatic heterocycles. The van der Waals surface area contributed by atoms with Gasteiger partial charge in [0.15, 0.2) is 0 Å². The van der Waals surface area contributed by atoms with Gasteiger partial charge in [-0.05, 0) is 19.9 Å². The van der Waals surface area contributed by atoms with E-state index < -0.39 is 0 Å². The van der Waals surface area contributed by atoms with E-state index in [4.69, 9.17) is 5.73 Å². The summed E-state index contributed by atoms with van der Waals surface area (Å²) in [5.41, 5.74) is 7.24. The van der Waals surface area contributed by atoms with E-state index in [1.807, 2.05) is 19.9 Å². The summed E-state index contributed by atoms with van der Waals surface area (Å²) in [4.78, 5) is 13.5. The summed E-state index contributed by atoms with van der Waals surface area (Å²) in [5.74, 6) is 0.523. The molecule has 0 aliphatic rings. The predicted octanol–water partition coefficient (Wildman–Crippen LogP) is 1.93. The number of anilines is 2. The van der Waals surface area contributed by atoms with Crippen molar-refractivity contribution < 1.29 is 4.79 Å². The molecular weight excluding hydrogens is 236 g/mol. The van der Waals surface area contributed by atoms with Gasteiger partial charge < -0.3 is 11.1 Å². The quantitative estimate of drug-likeness (QED) is 0.855. The minimum Gasteiger partial charge on any atom is -0.398 e. The fourth-order valence-corrected chi connectivity index (χ4v) is 2.35. The Labute approximate surface area is 103 Å². The molecule has 0 bridgehead atoms. The summed E-state index contributed by atoms with van der Waals surface area (Å²) in [6.07, 6.45) is 0. The zero-order chi connectivity index (χ0) is 12.6. The number of hydrogen-bond donors (Lipinski definition) is 2. The first-order chi connectivity index (χ1) is 7.97. The molecule has 0 aliphatic heterocycles. The van der Waals surface area contributed by atoms with Crippen molar-refractivity contribution in [3.63, 3.8) is 0 Å². The van der Waals surface area contributed by atoms with E-state index in [-0.39, 0.29) is 5.91 Å². The van der Waals surface area contributed by atoms with Gasteiger partial charge in [-0.3, -0.25) is 9.48 Å². The molecule has 2 rings (SSSR count). The normalized spacial score (nSPS) is 10.5. The first kappa shape index (κ1) is 11.7. The number of carbonyl (C=O) groups excluding carboxylic acids is 1. The monoisotopic (exact) mass is 250 g/mol. The second kappa shape index (κ2) is 4.21. The highest BCUT2D eigenvalue weighted by molar-refractivity contribution is 7.14. The topological polar surface area (TPSA) is 72.9 Å². The number of nitrogens with zero attached hydrogens (tertiary/aromatic N) is 2.